The molecule has 0 fully saturated rings. The molecule has 0 unspecified atom stereocenters. The molecule has 2 rings (SSSR count). The highest BCUT2D eigenvalue weighted by Gasteiger charge is 2.20. The molecule has 1 aromatic carbocycles. The second-order valence-corrected chi connectivity index (χ2v) is 4.71. The molecular formula is C15H17F3N2. The lowest BCUT2D eigenvalue weighted by atomic mass is 10.0. The molecule has 0 amide bonds. The fourth-order valence-corrected chi connectivity index (χ4v) is 2.37. The summed E-state index contributed by atoms with van der Waals surface area (Å²) in [6.45, 7) is 6.25. The maximum atomic E-state index is 14.1. The highest BCUT2D eigenvalue weighted by atomic mass is 19.2. The van der Waals surface area contributed by atoms with Crippen LogP contribution in [0.2, 0.25) is 0 Å². The fourth-order valence-electron chi connectivity index (χ4n) is 2.37. The van der Waals surface area contributed by atoms with Crippen LogP contribution in [-0.2, 0) is 6.42 Å². The van der Waals surface area contributed by atoms with Gasteiger partial charge in [0.25, 0.3) is 0 Å². The predicted octanol–water partition coefficient (Wildman–Crippen LogP) is 4.34. The van der Waals surface area contributed by atoms with Gasteiger partial charge in [-0.2, -0.15) is 0 Å². The SMILES string of the molecule is CCCNc1c(CC)c(C)nc2c(F)c(F)cc(F)c12. The quantitative estimate of drug-likeness (QED) is 0.843. The third kappa shape index (κ3) is 2.32. The van der Waals surface area contributed by atoms with Gasteiger partial charge in [0.1, 0.15) is 11.3 Å². The van der Waals surface area contributed by atoms with Gasteiger partial charge in [0.15, 0.2) is 11.6 Å². The Morgan fingerprint density at radius 3 is 2.45 bits per heavy atom. The zero-order valence-electron chi connectivity index (χ0n) is 11.8. The van der Waals surface area contributed by atoms with Gasteiger partial charge in [-0.05, 0) is 25.3 Å². The summed E-state index contributed by atoms with van der Waals surface area (Å²) in [6.07, 6.45) is 1.48. The lowest BCUT2D eigenvalue weighted by Crippen LogP contribution is -2.08. The molecule has 0 saturated heterocycles. The summed E-state index contributed by atoms with van der Waals surface area (Å²) in [4.78, 5) is 4.04. The third-order valence-electron chi connectivity index (χ3n) is 3.32. The van der Waals surface area contributed by atoms with Crippen molar-refractivity contribution in [2.45, 2.75) is 33.6 Å². The molecule has 0 aliphatic heterocycles. The van der Waals surface area contributed by atoms with Crippen LogP contribution in [0.15, 0.2) is 6.07 Å². The van der Waals surface area contributed by atoms with Crippen LogP contribution in [0.4, 0.5) is 18.9 Å². The van der Waals surface area contributed by atoms with Gasteiger partial charge in [-0.3, -0.25) is 0 Å². The smallest absolute Gasteiger partial charge is 0.185 e. The van der Waals surface area contributed by atoms with Crippen LogP contribution in [0.3, 0.4) is 0 Å². The third-order valence-corrected chi connectivity index (χ3v) is 3.32. The highest BCUT2D eigenvalue weighted by Crippen LogP contribution is 2.33. The average Bonchev–Trinajstić information content (AvgIpc) is 2.41. The van der Waals surface area contributed by atoms with Crippen molar-refractivity contribution in [2.24, 2.45) is 0 Å². The Kier molecular flexibility index (Phi) is 4.16. The first-order valence-corrected chi connectivity index (χ1v) is 6.71. The second-order valence-electron chi connectivity index (χ2n) is 4.71. The number of aromatic nitrogens is 1. The van der Waals surface area contributed by atoms with Gasteiger partial charge in [-0.1, -0.05) is 13.8 Å². The molecule has 1 aromatic heterocycles. The molecule has 20 heavy (non-hydrogen) atoms. The van der Waals surface area contributed by atoms with Crippen LogP contribution in [-0.4, -0.2) is 11.5 Å². The van der Waals surface area contributed by atoms with Gasteiger partial charge < -0.3 is 5.32 Å². The van der Waals surface area contributed by atoms with E-state index in [0.29, 0.717) is 30.4 Å². The molecule has 2 nitrogen and oxygen atoms in total. The Balaban J connectivity index is 2.86. The Labute approximate surface area is 116 Å². The van der Waals surface area contributed by atoms with Gasteiger partial charge in [0.05, 0.1) is 11.1 Å². The molecule has 0 spiro atoms. The number of anilines is 1. The minimum Gasteiger partial charge on any atom is -0.384 e. The second kappa shape index (κ2) is 5.69. The van der Waals surface area contributed by atoms with Crippen molar-refractivity contribution in [1.82, 2.24) is 4.98 Å². The number of benzene rings is 1. The summed E-state index contributed by atoms with van der Waals surface area (Å²) in [5.41, 5.74) is 1.68. The van der Waals surface area contributed by atoms with Crippen molar-refractivity contribution in [2.75, 3.05) is 11.9 Å². The molecule has 108 valence electrons. The van der Waals surface area contributed by atoms with Gasteiger partial charge in [0, 0.05) is 18.3 Å². The van der Waals surface area contributed by atoms with Crippen molar-refractivity contribution in [1.29, 1.82) is 0 Å². The van der Waals surface area contributed by atoms with Crippen molar-refractivity contribution in [3.05, 3.63) is 34.8 Å². The molecule has 1 heterocycles. The molecule has 0 atom stereocenters. The zero-order chi connectivity index (χ0) is 14.9. The summed E-state index contributed by atoms with van der Waals surface area (Å²) in [6, 6.07) is 0.575. The van der Waals surface area contributed by atoms with Gasteiger partial charge in [-0.25, -0.2) is 18.2 Å². The van der Waals surface area contributed by atoms with Crippen molar-refractivity contribution in [3.8, 4) is 0 Å². The number of hydrogen-bond donors (Lipinski definition) is 1. The normalized spacial score (nSPS) is 11.1. The maximum absolute atomic E-state index is 14.1. The molecule has 0 aliphatic carbocycles. The monoisotopic (exact) mass is 282 g/mol. The minimum atomic E-state index is -1.22. The van der Waals surface area contributed by atoms with Crippen LogP contribution in [0.1, 0.15) is 31.5 Å². The molecule has 0 aliphatic rings. The van der Waals surface area contributed by atoms with E-state index < -0.39 is 17.5 Å². The first-order valence-electron chi connectivity index (χ1n) is 6.71. The number of rotatable bonds is 4. The van der Waals surface area contributed by atoms with Gasteiger partial charge >= 0.3 is 0 Å². The number of halogens is 3. The van der Waals surface area contributed by atoms with Crippen LogP contribution < -0.4 is 5.32 Å². The number of aryl methyl sites for hydroxylation is 1. The Bertz CT molecular complexity index is 654. The number of hydrogen-bond acceptors (Lipinski definition) is 2. The molecule has 0 saturated carbocycles. The molecule has 0 bridgehead atoms. The first kappa shape index (κ1) is 14.6. The first-order chi connectivity index (χ1) is 9.51. The van der Waals surface area contributed by atoms with E-state index in [1.54, 1.807) is 6.92 Å². The standard InChI is InChI=1S/C15H17F3N2/c1-4-6-19-14-9(5-2)8(3)20-15-12(14)10(16)7-11(17)13(15)18/h7H,4-6H2,1-3H3,(H,19,20). The Morgan fingerprint density at radius 2 is 1.85 bits per heavy atom. The number of nitrogens with one attached hydrogen (secondary N) is 1. The maximum Gasteiger partial charge on any atom is 0.185 e. The molecule has 0 radical (unpaired) electrons. The number of nitrogens with zero attached hydrogens (tertiary/aromatic N) is 1. The topological polar surface area (TPSA) is 24.9 Å². The summed E-state index contributed by atoms with van der Waals surface area (Å²) in [7, 11) is 0. The summed E-state index contributed by atoms with van der Waals surface area (Å²) >= 11 is 0. The Morgan fingerprint density at radius 1 is 1.15 bits per heavy atom. The van der Waals surface area contributed by atoms with E-state index in [1.807, 2.05) is 13.8 Å². The number of pyridine rings is 1. The van der Waals surface area contributed by atoms with E-state index in [9.17, 15) is 13.2 Å². The van der Waals surface area contributed by atoms with E-state index in [1.165, 1.54) is 0 Å². The van der Waals surface area contributed by atoms with E-state index in [2.05, 4.69) is 10.3 Å². The van der Waals surface area contributed by atoms with Crippen molar-refractivity contribution < 1.29 is 13.2 Å². The molecule has 2 aromatic rings. The van der Waals surface area contributed by atoms with Crippen LogP contribution in [0, 0.1) is 24.4 Å². The lowest BCUT2D eigenvalue weighted by molar-refractivity contribution is 0.504. The molecular weight excluding hydrogens is 265 g/mol. The van der Waals surface area contributed by atoms with Crippen LogP contribution >= 0.6 is 0 Å². The van der Waals surface area contributed by atoms with E-state index in [-0.39, 0.29) is 10.9 Å². The van der Waals surface area contributed by atoms with Crippen LogP contribution in [0.5, 0.6) is 0 Å². The summed E-state index contributed by atoms with van der Waals surface area (Å²) < 4.78 is 41.3. The van der Waals surface area contributed by atoms with E-state index >= 15 is 0 Å². The van der Waals surface area contributed by atoms with Gasteiger partial charge in [0.2, 0.25) is 0 Å². The van der Waals surface area contributed by atoms with E-state index in [4.69, 9.17) is 0 Å². The highest BCUT2D eigenvalue weighted by molar-refractivity contribution is 5.94. The zero-order valence-corrected chi connectivity index (χ0v) is 11.8. The lowest BCUT2D eigenvalue weighted by Gasteiger charge is -2.16. The fraction of sp³-hybridized carbons (Fsp3) is 0.400. The average molecular weight is 282 g/mol. The summed E-state index contributed by atoms with van der Waals surface area (Å²) in [5.74, 6) is -3.11. The largest absolute Gasteiger partial charge is 0.384 e. The Hall–Kier alpha value is -1.78. The van der Waals surface area contributed by atoms with Gasteiger partial charge in [-0.15, -0.1) is 0 Å². The summed E-state index contributed by atoms with van der Waals surface area (Å²) in [5, 5.41) is 3.14. The predicted molar refractivity (Wildman–Crippen MR) is 74.5 cm³/mol. The molecule has 5 heteroatoms. The van der Waals surface area contributed by atoms with Crippen molar-refractivity contribution in [3.63, 3.8) is 0 Å². The van der Waals surface area contributed by atoms with E-state index in [0.717, 1.165) is 12.0 Å². The number of fused-ring (bicyclic) bond motifs is 1. The van der Waals surface area contributed by atoms with Crippen molar-refractivity contribution >= 4 is 16.6 Å². The minimum absolute atomic E-state index is 0.0276. The van der Waals surface area contributed by atoms with Crippen LogP contribution in [0.25, 0.3) is 10.9 Å². The molecule has 1 N–H and O–H groups in total.